The molecule has 0 unspecified atom stereocenters. The lowest BCUT2D eigenvalue weighted by Gasteiger charge is -2.34. The molecule has 0 aromatic heterocycles. The van der Waals surface area contributed by atoms with E-state index < -0.39 is 0 Å². The monoisotopic (exact) mass is 334 g/mol. The molecule has 3 nitrogen and oxygen atoms in total. The summed E-state index contributed by atoms with van der Waals surface area (Å²) in [6.07, 6.45) is 6.35. The number of hydrogen-bond acceptors (Lipinski definition) is 3. The van der Waals surface area contributed by atoms with Crippen LogP contribution in [0.1, 0.15) is 29.9 Å². The fourth-order valence-electron chi connectivity index (χ4n) is 3.82. The van der Waals surface area contributed by atoms with Crippen LogP contribution >= 0.6 is 0 Å². The second-order valence-corrected chi connectivity index (χ2v) is 7.09. The van der Waals surface area contributed by atoms with Crippen LogP contribution in [0.2, 0.25) is 0 Å². The average Bonchev–Trinajstić information content (AvgIpc) is 2.67. The van der Waals surface area contributed by atoms with Crippen LogP contribution in [0.5, 0.6) is 5.75 Å². The fourth-order valence-corrected chi connectivity index (χ4v) is 3.82. The Hall–Kier alpha value is -2.26. The maximum Gasteiger partial charge on any atom is 0.150 e. The molecule has 4 rings (SSSR count). The summed E-state index contributed by atoms with van der Waals surface area (Å²) in [6.45, 7) is 6.64. The third-order valence-corrected chi connectivity index (χ3v) is 5.40. The smallest absolute Gasteiger partial charge is 0.150 e. The highest BCUT2D eigenvalue weighted by atomic mass is 16.5. The van der Waals surface area contributed by atoms with Gasteiger partial charge in [-0.1, -0.05) is 42.0 Å². The summed E-state index contributed by atoms with van der Waals surface area (Å²) in [7, 11) is 0. The first-order chi connectivity index (χ1) is 12.3. The van der Waals surface area contributed by atoms with Crippen LogP contribution in [0.3, 0.4) is 0 Å². The largest absolute Gasteiger partial charge is 0.461 e. The highest BCUT2D eigenvalue weighted by molar-refractivity contribution is 5.62. The van der Waals surface area contributed by atoms with Gasteiger partial charge in [0.25, 0.3) is 0 Å². The minimum atomic E-state index is 0.723. The van der Waals surface area contributed by atoms with E-state index in [1.54, 1.807) is 6.26 Å². The first-order valence-electron chi connectivity index (χ1n) is 9.27. The summed E-state index contributed by atoms with van der Waals surface area (Å²) in [5, 5.41) is 0. The van der Waals surface area contributed by atoms with Crippen LogP contribution in [0.15, 0.2) is 61.0 Å². The van der Waals surface area contributed by atoms with Gasteiger partial charge in [-0.2, -0.15) is 0 Å². The zero-order valence-electron chi connectivity index (χ0n) is 14.9. The van der Waals surface area contributed by atoms with E-state index in [4.69, 9.17) is 4.74 Å². The standard InChI is InChI=1S/C22H26N2O/c1-18-6-8-19(9-7-18)20-10-12-23(13-11-20)14-15-24-16-17-25-22-5-3-2-4-21(22)24/h2-9,16-17,20H,10-15H2,1H3. The molecule has 1 saturated heterocycles. The van der Waals surface area contributed by atoms with Gasteiger partial charge in [0.2, 0.25) is 0 Å². The van der Waals surface area contributed by atoms with Gasteiger partial charge in [-0.15, -0.1) is 0 Å². The molecule has 0 amide bonds. The Balaban J connectivity index is 1.30. The van der Waals surface area contributed by atoms with Crippen molar-refractivity contribution in [2.45, 2.75) is 25.7 Å². The van der Waals surface area contributed by atoms with E-state index in [1.165, 1.54) is 42.7 Å². The second kappa shape index (κ2) is 7.32. The number of anilines is 1. The lowest BCUT2D eigenvalue weighted by molar-refractivity contribution is 0.217. The molecule has 1 fully saturated rings. The molecule has 25 heavy (non-hydrogen) atoms. The van der Waals surface area contributed by atoms with Crippen molar-refractivity contribution in [3.05, 3.63) is 72.1 Å². The van der Waals surface area contributed by atoms with Crippen molar-refractivity contribution in [3.63, 3.8) is 0 Å². The quantitative estimate of drug-likeness (QED) is 0.816. The van der Waals surface area contributed by atoms with Gasteiger partial charge in [0.15, 0.2) is 0 Å². The lowest BCUT2D eigenvalue weighted by atomic mass is 9.89. The third kappa shape index (κ3) is 3.72. The highest BCUT2D eigenvalue weighted by Crippen LogP contribution is 2.32. The van der Waals surface area contributed by atoms with E-state index in [0.717, 1.165) is 24.8 Å². The van der Waals surface area contributed by atoms with Crippen LogP contribution in [0.25, 0.3) is 0 Å². The number of rotatable bonds is 4. The number of nitrogens with zero attached hydrogens (tertiary/aromatic N) is 2. The van der Waals surface area contributed by atoms with Gasteiger partial charge in [-0.05, 0) is 56.5 Å². The summed E-state index contributed by atoms with van der Waals surface area (Å²) in [6, 6.07) is 17.3. The van der Waals surface area contributed by atoms with Crippen LogP contribution in [0, 0.1) is 6.92 Å². The molecule has 2 aromatic carbocycles. The Kier molecular flexibility index (Phi) is 4.75. The Labute approximate surface area is 150 Å². The van der Waals surface area contributed by atoms with Crippen molar-refractivity contribution in [1.29, 1.82) is 0 Å². The van der Waals surface area contributed by atoms with E-state index in [2.05, 4.69) is 53.1 Å². The molecule has 3 heteroatoms. The number of likely N-dealkylation sites (tertiary alicyclic amines) is 1. The Morgan fingerprint density at radius 1 is 0.960 bits per heavy atom. The molecule has 130 valence electrons. The molecule has 0 N–H and O–H groups in total. The van der Waals surface area contributed by atoms with Crippen LogP contribution in [0.4, 0.5) is 5.69 Å². The van der Waals surface area contributed by atoms with E-state index in [9.17, 15) is 0 Å². The normalized spacial score (nSPS) is 18.0. The number of fused-ring (bicyclic) bond motifs is 1. The maximum absolute atomic E-state index is 5.58. The highest BCUT2D eigenvalue weighted by Gasteiger charge is 2.21. The van der Waals surface area contributed by atoms with E-state index >= 15 is 0 Å². The number of piperidine rings is 1. The molecule has 0 bridgehead atoms. The van der Waals surface area contributed by atoms with Gasteiger partial charge in [0.05, 0.1) is 5.69 Å². The van der Waals surface area contributed by atoms with Gasteiger partial charge in [-0.25, -0.2) is 0 Å². The summed E-state index contributed by atoms with van der Waals surface area (Å²) in [5.41, 5.74) is 4.02. The molecule has 0 aliphatic carbocycles. The molecule has 2 aromatic rings. The lowest BCUT2D eigenvalue weighted by Crippen LogP contribution is -2.38. The minimum Gasteiger partial charge on any atom is -0.461 e. The van der Waals surface area contributed by atoms with Crippen LogP contribution in [-0.4, -0.2) is 31.1 Å². The molecule has 0 saturated carbocycles. The number of para-hydroxylation sites is 2. The van der Waals surface area contributed by atoms with Gasteiger partial charge < -0.3 is 14.5 Å². The van der Waals surface area contributed by atoms with E-state index in [0.29, 0.717) is 0 Å². The number of hydrogen-bond donors (Lipinski definition) is 0. The molecular formula is C22H26N2O. The molecule has 2 aliphatic rings. The van der Waals surface area contributed by atoms with Crippen molar-refractivity contribution in [3.8, 4) is 5.75 Å². The fraction of sp³-hybridized carbons (Fsp3) is 0.364. The summed E-state index contributed by atoms with van der Waals surface area (Å²) < 4.78 is 5.58. The number of benzene rings is 2. The molecule has 2 heterocycles. The molecule has 2 aliphatic heterocycles. The average molecular weight is 334 g/mol. The Bertz CT molecular complexity index is 730. The predicted molar refractivity (Wildman–Crippen MR) is 103 cm³/mol. The SMILES string of the molecule is Cc1ccc(C2CCN(CCN3C=COc4ccccc43)CC2)cc1. The zero-order chi connectivity index (χ0) is 17.1. The maximum atomic E-state index is 5.58. The van der Waals surface area contributed by atoms with Crippen LogP contribution in [-0.2, 0) is 0 Å². The summed E-state index contributed by atoms with van der Waals surface area (Å²) >= 11 is 0. The van der Waals surface area contributed by atoms with Crippen molar-refractivity contribution in [2.75, 3.05) is 31.1 Å². The molecule has 0 atom stereocenters. The van der Waals surface area contributed by atoms with Crippen molar-refractivity contribution < 1.29 is 4.74 Å². The first kappa shape index (κ1) is 16.2. The predicted octanol–water partition coefficient (Wildman–Crippen LogP) is 4.54. The molecule has 0 spiro atoms. The Morgan fingerprint density at radius 3 is 2.52 bits per heavy atom. The van der Waals surface area contributed by atoms with E-state index in [1.807, 2.05) is 18.3 Å². The second-order valence-electron chi connectivity index (χ2n) is 7.09. The van der Waals surface area contributed by atoms with Crippen molar-refractivity contribution >= 4 is 5.69 Å². The van der Waals surface area contributed by atoms with Gasteiger partial charge in [0, 0.05) is 19.3 Å². The van der Waals surface area contributed by atoms with Gasteiger partial charge in [-0.3, -0.25) is 0 Å². The van der Waals surface area contributed by atoms with Crippen molar-refractivity contribution in [2.24, 2.45) is 0 Å². The summed E-state index contributed by atoms with van der Waals surface area (Å²) in [5.74, 6) is 1.67. The zero-order valence-corrected chi connectivity index (χ0v) is 14.9. The number of aryl methyl sites for hydroxylation is 1. The summed E-state index contributed by atoms with van der Waals surface area (Å²) in [4.78, 5) is 4.89. The van der Waals surface area contributed by atoms with E-state index in [-0.39, 0.29) is 0 Å². The third-order valence-electron chi connectivity index (χ3n) is 5.40. The van der Waals surface area contributed by atoms with Gasteiger partial charge >= 0.3 is 0 Å². The minimum absolute atomic E-state index is 0.723. The van der Waals surface area contributed by atoms with Crippen molar-refractivity contribution in [1.82, 2.24) is 4.90 Å². The molecular weight excluding hydrogens is 308 g/mol. The topological polar surface area (TPSA) is 15.7 Å². The molecule has 0 radical (unpaired) electrons. The van der Waals surface area contributed by atoms with Crippen LogP contribution < -0.4 is 9.64 Å². The Morgan fingerprint density at radius 2 is 1.72 bits per heavy atom. The van der Waals surface area contributed by atoms with Gasteiger partial charge in [0.1, 0.15) is 12.0 Å². The first-order valence-corrected chi connectivity index (χ1v) is 9.27. The number of ether oxygens (including phenoxy) is 1.